The number of hydrogen-bond donors (Lipinski definition) is 1. The number of benzene rings is 1. The zero-order valence-electron chi connectivity index (χ0n) is 9.69. The molecule has 1 aromatic carbocycles. The highest BCUT2D eigenvalue weighted by molar-refractivity contribution is 5.37. The molecule has 0 amide bonds. The Balaban J connectivity index is 2.51. The van der Waals surface area contributed by atoms with Crippen molar-refractivity contribution < 1.29 is 8.78 Å². The molecule has 0 radical (unpaired) electrons. The van der Waals surface area contributed by atoms with Gasteiger partial charge in [-0.2, -0.15) is 0 Å². The SMILES string of the molecule is CCNC1CCC(C)c2c(F)ccc(F)c21. The van der Waals surface area contributed by atoms with Crippen LogP contribution < -0.4 is 5.32 Å². The van der Waals surface area contributed by atoms with Gasteiger partial charge in [-0.05, 0) is 43.0 Å². The Labute approximate surface area is 94.9 Å². The lowest BCUT2D eigenvalue weighted by Crippen LogP contribution is -2.27. The molecule has 2 unspecified atom stereocenters. The summed E-state index contributed by atoms with van der Waals surface area (Å²) in [6.07, 6.45) is 1.79. The molecule has 0 fully saturated rings. The van der Waals surface area contributed by atoms with Crippen LogP contribution in [0.3, 0.4) is 0 Å². The Morgan fingerprint density at radius 2 is 1.81 bits per heavy atom. The highest BCUT2D eigenvalue weighted by atomic mass is 19.1. The molecule has 1 nitrogen and oxygen atoms in total. The van der Waals surface area contributed by atoms with Gasteiger partial charge >= 0.3 is 0 Å². The molecule has 0 saturated heterocycles. The maximum Gasteiger partial charge on any atom is 0.128 e. The lowest BCUT2D eigenvalue weighted by Gasteiger charge is -2.30. The standard InChI is InChI=1S/C13H17F2N/c1-3-16-11-7-4-8(2)12-9(14)5-6-10(15)13(11)12/h5-6,8,11,16H,3-4,7H2,1-2H3. The predicted octanol–water partition coefficient (Wildman–Crippen LogP) is 3.51. The summed E-state index contributed by atoms with van der Waals surface area (Å²) in [5, 5.41) is 3.22. The first-order chi connectivity index (χ1) is 7.65. The second-order valence-corrected chi connectivity index (χ2v) is 4.45. The second kappa shape index (κ2) is 4.50. The topological polar surface area (TPSA) is 12.0 Å². The second-order valence-electron chi connectivity index (χ2n) is 4.45. The summed E-state index contributed by atoms with van der Waals surface area (Å²) in [5.74, 6) is -0.444. The molecular weight excluding hydrogens is 208 g/mol. The fourth-order valence-corrected chi connectivity index (χ4v) is 2.59. The van der Waals surface area contributed by atoms with E-state index in [2.05, 4.69) is 5.32 Å². The molecule has 0 heterocycles. The Hall–Kier alpha value is -0.960. The normalized spacial score (nSPS) is 24.2. The van der Waals surface area contributed by atoms with Gasteiger partial charge in [-0.3, -0.25) is 0 Å². The van der Waals surface area contributed by atoms with E-state index in [1.165, 1.54) is 12.1 Å². The van der Waals surface area contributed by atoms with E-state index in [0.717, 1.165) is 19.4 Å². The van der Waals surface area contributed by atoms with Crippen molar-refractivity contribution in [3.63, 3.8) is 0 Å². The molecule has 1 aromatic rings. The lowest BCUT2D eigenvalue weighted by molar-refractivity contribution is 0.406. The molecule has 0 spiro atoms. The van der Waals surface area contributed by atoms with Crippen molar-refractivity contribution in [2.75, 3.05) is 6.54 Å². The van der Waals surface area contributed by atoms with Crippen molar-refractivity contribution in [2.24, 2.45) is 0 Å². The van der Waals surface area contributed by atoms with Crippen molar-refractivity contribution in [2.45, 2.75) is 38.6 Å². The van der Waals surface area contributed by atoms with Crippen LogP contribution in [0.5, 0.6) is 0 Å². The van der Waals surface area contributed by atoms with Crippen LogP contribution in [0.4, 0.5) is 8.78 Å². The molecule has 0 aromatic heterocycles. The van der Waals surface area contributed by atoms with Gasteiger partial charge < -0.3 is 5.32 Å². The average molecular weight is 225 g/mol. The molecule has 3 heteroatoms. The van der Waals surface area contributed by atoms with Gasteiger partial charge in [-0.25, -0.2) is 8.78 Å². The summed E-state index contributed by atoms with van der Waals surface area (Å²) in [6, 6.07) is 2.43. The molecule has 0 bridgehead atoms. The first-order valence-electron chi connectivity index (χ1n) is 5.86. The van der Waals surface area contributed by atoms with Crippen molar-refractivity contribution in [3.05, 3.63) is 34.9 Å². The van der Waals surface area contributed by atoms with E-state index in [9.17, 15) is 8.78 Å². The zero-order valence-corrected chi connectivity index (χ0v) is 9.69. The minimum absolute atomic E-state index is 0.0353. The van der Waals surface area contributed by atoms with Crippen molar-refractivity contribution >= 4 is 0 Å². The van der Waals surface area contributed by atoms with Gasteiger partial charge in [0.05, 0.1) is 0 Å². The highest BCUT2D eigenvalue weighted by Gasteiger charge is 2.29. The van der Waals surface area contributed by atoms with Crippen LogP contribution >= 0.6 is 0 Å². The molecule has 1 N–H and O–H groups in total. The Kier molecular flexibility index (Phi) is 3.24. The fourth-order valence-electron chi connectivity index (χ4n) is 2.59. The third-order valence-electron chi connectivity index (χ3n) is 3.36. The van der Waals surface area contributed by atoms with E-state index in [1.807, 2.05) is 13.8 Å². The van der Waals surface area contributed by atoms with Crippen molar-refractivity contribution in [3.8, 4) is 0 Å². The van der Waals surface area contributed by atoms with Crippen LogP contribution in [-0.2, 0) is 0 Å². The van der Waals surface area contributed by atoms with Crippen LogP contribution in [0, 0.1) is 11.6 Å². The molecule has 16 heavy (non-hydrogen) atoms. The van der Waals surface area contributed by atoms with Gasteiger partial charge in [0.25, 0.3) is 0 Å². The summed E-state index contributed by atoms with van der Waals surface area (Å²) in [4.78, 5) is 0. The number of nitrogens with one attached hydrogen (secondary N) is 1. The van der Waals surface area contributed by atoms with Crippen molar-refractivity contribution in [1.82, 2.24) is 5.32 Å². The van der Waals surface area contributed by atoms with E-state index in [4.69, 9.17) is 0 Å². The summed E-state index contributed by atoms with van der Waals surface area (Å²) in [6.45, 7) is 4.72. The quantitative estimate of drug-likeness (QED) is 0.812. The molecule has 0 aliphatic heterocycles. The first kappa shape index (κ1) is 11.5. The van der Waals surface area contributed by atoms with Crippen molar-refractivity contribution in [1.29, 1.82) is 0 Å². The van der Waals surface area contributed by atoms with Gasteiger partial charge in [0.1, 0.15) is 11.6 Å². The van der Waals surface area contributed by atoms with E-state index in [-0.39, 0.29) is 23.6 Å². The van der Waals surface area contributed by atoms with Gasteiger partial charge in [0.2, 0.25) is 0 Å². The van der Waals surface area contributed by atoms with Crippen LogP contribution in [0.15, 0.2) is 12.1 Å². The van der Waals surface area contributed by atoms with E-state index >= 15 is 0 Å². The summed E-state index contributed by atoms with van der Waals surface area (Å²) in [7, 11) is 0. The summed E-state index contributed by atoms with van der Waals surface area (Å²) in [5.41, 5.74) is 1.11. The molecule has 2 rings (SSSR count). The summed E-state index contributed by atoms with van der Waals surface area (Å²) < 4.78 is 27.5. The third kappa shape index (κ3) is 1.84. The van der Waals surface area contributed by atoms with E-state index in [0.29, 0.717) is 11.1 Å². The highest BCUT2D eigenvalue weighted by Crippen LogP contribution is 2.39. The van der Waals surface area contributed by atoms with E-state index < -0.39 is 0 Å². The monoisotopic (exact) mass is 225 g/mol. The van der Waals surface area contributed by atoms with Gasteiger partial charge in [0, 0.05) is 11.6 Å². The fraction of sp³-hybridized carbons (Fsp3) is 0.538. The van der Waals surface area contributed by atoms with E-state index in [1.54, 1.807) is 0 Å². The lowest BCUT2D eigenvalue weighted by atomic mass is 9.80. The molecule has 88 valence electrons. The van der Waals surface area contributed by atoms with Crippen LogP contribution in [0.25, 0.3) is 0 Å². The Bertz CT molecular complexity index is 390. The van der Waals surface area contributed by atoms with Crippen LogP contribution in [-0.4, -0.2) is 6.54 Å². The van der Waals surface area contributed by atoms with Gasteiger partial charge in [0.15, 0.2) is 0 Å². The third-order valence-corrected chi connectivity index (χ3v) is 3.36. The number of fused-ring (bicyclic) bond motifs is 1. The largest absolute Gasteiger partial charge is 0.310 e. The number of rotatable bonds is 2. The van der Waals surface area contributed by atoms with Crippen LogP contribution in [0.1, 0.15) is 49.8 Å². The zero-order chi connectivity index (χ0) is 11.7. The van der Waals surface area contributed by atoms with Gasteiger partial charge in [-0.15, -0.1) is 0 Å². The summed E-state index contributed by atoms with van der Waals surface area (Å²) >= 11 is 0. The van der Waals surface area contributed by atoms with Crippen LogP contribution in [0.2, 0.25) is 0 Å². The minimum Gasteiger partial charge on any atom is -0.310 e. The molecule has 1 aliphatic carbocycles. The molecule has 2 atom stereocenters. The molecule has 0 saturated carbocycles. The Morgan fingerprint density at radius 3 is 2.44 bits per heavy atom. The maximum atomic E-state index is 13.8. The number of hydrogen-bond acceptors (Lipinski definition) is 1. The first-order valence-corrected chi connectivity index (χ1v) is 5.86. The smallest absolute Gasteiger partial charge is 0.128 e. The number of halogens is 2. The average Bonchev–Trinajstić information content (AvgIpc) is 2.26. The predicted molar refractivity (Wildman–Crippen MR) is 60.4 cm³/mol. The van der Waals surface area contributed by atoms with Gasteiger partial charge in [-0.1, -0.05) is 13.8 Å². The molecule has 1 aliphatic rings. The maximum absolute atomic E-state index is 13.8. The minimum atomic E-state index is -0.283. The molecular formula is C13H17F2N. The Morgan fingerprint density at radius 1 is 1.19 bits per heavy atom.